The molecule has 0 spiro atoms. The number of aryl methyl sites for hydroxylation is 1. The van der Waals surface area contributed by atoms with Crippen LogP contribution in [0.5, 0.6) is 0 Å². The molecule has 1 aliphatic rings. The Kier molecular flexibility index (Phi) is 6.19. The molecule has 3 rings (SSSR count). The van der Waals surface area contributed by atoms with Gasteiger partial charge in [0.25, 0.3) is 5.91 Å². The van der Waals surface area contributed by atoms with Gasteiger partial charge in [0, 0.05) is 25.0 Å². The first-order valence-electron chi connectivity index (χ1n) is 10.1. The van der Waals surface area contributed by atoms with Crippen LogP contribution in [0.1, 0.15) is 61.4 Å². The fourth-order valence-corrected chi connectivity index (χ4v) is 3.88. The van der Waals surface area contributed by atoms with E-state index in [-0.39, 0.29) is 17.2 Å². The van der Waals surface area contributed by atoms with Gasteiger partial charge >= 0.3 is 0 Å². The Morgan fingerprint density at radius 1 is 0.968 bits per heavy atom. The van der Waals surface area contributed by atoms with Gasteiger partial charge in [-0.05, 0) is 30.7 Å². The molecule has 0 unspecified atom stereocenters. The molecule has 3 N–H and O–H groups in total. The summed E-state index contributed by atoms with van der Waals surface area (Å²) in [4.78, 5) is 40.7. The van der Waals surface area contributed by atoms with Crippen LogP contribution in [0.15, 0.2) is 35.4 Å². The second kappa shape index (κ2) is 8.67. The smallest absolute Gasteiger partial charge is 0.272 e. The number of aromatic nitrogens is 1. The summed E-state index contributed by atoms with van der Waals surface area (Å²) in [7, 11) is 0. The third-order valence-corrected chi connectivity index (χ3v) is 5.02. The molecule has 1 aromatic heterocycles. The summed E-state index contributed by atoms with van der Waals surface area (Å²) in [6.45, 7) is 8.74. The molecule has 1 aliphatic carbocycles. The molecule has 0 fully saturated rings. The molecule has 1 heterocycles. The van der Waals surface area contributed by atoms with Gasteiger partial charge in [0.2, 0.25) is 11.8 Å². The highest BCUT2D eigenvalue weighted by atomic mass is 16.2. The number of carbonyl (C=O) groups excluding carboxylic acids is 3. The van der Waals surface area contributed by atoms with Crippen LogP contribution >= 0.6 is 0 Å². The predicted molar refractivity (Wildman–Crippen MR) is 118 cm³/mol. The van der Waals surface area contributed by atoms with E-state index in [1.54, 1.807) is 6.92 Å². The Bertz CT molecular complexity index is 1070. The number of hydrogen-bond donors (Lipinski definition) is 3. The number of hydrazone groups is 1. The first kappa shape index (κ1) is 22.1. The van der Waals surface area contributed by atoms with Crippen molar-refractivity contribution in [2.24, 2.45) is 10.5 Å². The summed E-state index contributed by atoms with van der Waals surface area (Å²) in [5.41, 5.74) is 11.9. The monoisotopic (exact) mass is 421 g/mol. The van der Waals surface area contributed by atoms with E-state index in [2.05, 4.69) is 35.2 Å². The molecule has 0 saturated carbocycles. The van der Waals surface area contributed by atoms with Crippen LogP contribution in [0.3, 0.4) is 0 Å². The third-order valence-electron chi connectivity index (χ3n) is 5.02. The first-order valence-corrected chi connectivity index (χ1v) is 10.1. The topological polar surface area (TPSA) is 113 Å². The molecule has 0 aliphatic heterocycles. The van der Waals surface area contributed by atoms with Crippen molar-refractivity contribution >= 4 is 23.4 Å². The molecule has 0 bridgehead atoms. The molecule has 162 valence electrons. The standard InChI is InChI=1S/C23H27N5O3/c1-13-19(22(31)28-26-15(3)30)20(16-9-7-6-8-10-16)21-17(24-13)11-23(4,5)12-18(21)27-25-14(2)29/h6-10H,11-12H2,1-5H3,(H,25,29)(H,26,30)(H,28,31)/b27-18-. The summed E-state index contributed by atoms with van der Waals surface area (Å²) in [5, 5.41) is 4.39. The summed E-state index contributed by atoms with van der Waals surface area (Å²) >= 11 is 0. The summed E-state index contributed by atoms with van der Waals surface area (Å²) in [5.74, 6) is -1.12. The zero-order chi connectivity index (χ0) is 22.8. The van der Waals surface area contributed by atoms with E-state index in [9.17, 15) is 14.4 Å². The molecule has 8 heteroatoms. The molecule has 8 nitrogen and oxygen atoms in total. The molecule has 0 saturated heterocycles. The molecular weight excluding hydrogens is 394 g/mol. The lowest BCUT2D eigenvalue weighted by atomic mass is 9.72. The third kappa shape index (κ3) is 4.96. The van der Waals surface area contributed by atoms with Gasteiger partial charge in [-0.2, -0.15) is 5.10 Å². The zero-order valence-corrected chi connectivity index (χ0v) is 18.4. The van der Waals surface area contributed by atoms with Gasteiger partial charge in [-0.1, -0.05) is 44.2 Å². The molecule has 1 aromatic carbocycles. The van der Waals surface area contributed by atoms with Gasteiger partial charge in [-0.15, -0.1) is 0 Å². The van der Waals surface area contributed by atoms with Crippen LogP contribution in [-0.2, 0) is 16.0 Å². The highest BCUT2D eigenvalue weighted by molar-refractivity contribution is 6.13. The van der Waals surface area contributed by atoms with E-state index in [4.69, 9.17) is 4.98 Å². The van der Waals surface area contributed by atoms with Crippen molar-refractivity contribution in [2.75, 3.05) is 0 Å². The van der Waals surface area contributed by atoms with Crippen LogP contribution in [0, 0.1) is 12.3 Å². The van der Waals surface area contributed by atoms with Crippen molar-refractivity contribution < 1.29 is 14.4 Å². The Labute approximate surface area is 181 Å². The number of nitrogens with one attached hydrogen (secondary N) is 3. The molecule has 31 heavy (non-hydrogen) atoms. The van der Waals surface area contributed by atoms with Gasteiger partial charge in [0.05, 0.1) is 22.7 Å². The van der Waals surface area contributed by atoms with Crippen LogP contribution in [0.2, 0.25) is 0 Å². The van der Waals surface area contributed by atoms with Gasteiger partial charge < -0.3 is 0 Å². The van der Waals surface area contributed by atoms with E-state index >= 15 is 0 Å². The van der Waals surface area contributed by atoms with Crippen LogP contribution < -0.4 is 16.3 Å². The van der Waals surface area contributed by atoms with Crippen molar-refractivity contribution in [3.8, 4) is 11.1 Å². The van der Waals surface area contributed by atoms with Crippen molar-refractivity contribution in [2.45, 2.75) is 47.5 Å². The van der Waals surface area contributed by atoms with Gasteiger partial charge in [-0.25, -0.2) is 5.43 Å². The number of hydrogen-bond acceptors (Lipinski definition) is 5. The number of nitrogens with zero attached hydrogens (tertiary/aromatic N) is 2. The van der Waals surface area contributed by atoms with Gasteiger partial charge in [0.15, 0.2) is 0 Å². The minimum absolute atomic E-state index is 0.113. The number of pyridine rings is 1. The second-order valence-electron chi connectivity index (χ2n) is 8.51. The molecule has 0 atom stereocenters. The Hall–Kier alpha value is -3.55. The number of carbonyl (C=O) groups is 3. The van der Waals surface area contributed by atoms with E-state index in [0.29, 0.717) is 35.4 Å². The fourth-order valence-electron chi connectivity index (χ4n) is 3.88. The van der Waals surface area contributed by atoms with E-state index in [0.717, 1.165) is 16.8 Å². The normalized spacial score (nSPS) is 15.7. The van der Waals surface area contributed by atoms with Gasteiger partial charge in [-0.3, -0.25) is 30.2 Å². The van der Waals surface area contributed by atoms with Crippen molar-refractivity contribution in [3.05, 3.63) is 52.8 Å². The quantitative estimate of drug-likeness (QED) is 0.661. The number of fused-ring (bicyclic) bond motifs is 1. The SMILES string of the molecule is CC(=O)N/N=C1/CC(C)(C)Cc2nc(C)c(C(=O)NNC(C)=O)c(-c3ccccc3)c21. The maximum atomic E-state index is 13.1. The largest absolute Gasteiger partial charge is 0.274 e. The number of benzene rings is 1. The van der Waals surface area contributed by atoms with E-state index in [1.165, 1.54) is 13.8 Å². The van der Waals surface area contributed by atoms with Gasteiger partial charge in [0.1, 0.15) is 0 Å². The molecule has 3 amide bonds. The minimum atomic E-state index is -0.467. The highest BCUT2D eigenvalue weighted by Crippen LogP contribution is 2.40. The van der Waals surface area contributed by atoms with Crippen LogP contribution in [-0.4, -0.2) is 28.4 Å². The lowest BCUT2D eigenvalue weighted by molar-refractivity contribution is -0.120. The lowest BCUT2D eigenvalue weighted by Crippen LogP contribution is -2.41. The van der Waals surface area contributed by atoms with E-state index < -0.39 is 5.91 Å². The minimum Gasteiger partial charge on any atom is -0.274 e. The highest BCUT2D eigenvalue weighted by Gasteiger charge is 2.35. The fraction of sp³-hybridized carbons (Fsp3) is 0.348. The summed E-state index contributed by atoms with van der Waals surface area (Å²) < 4.78 is 0. The number of hydrazine groups is 1. The second-order valence-corrected chi connectivity index (χ2v) is 8.51. The average Bonchev–Trinajstić information content (AvgIpc) is 2.69. The van der Waals surface area contributed by atoms with E-state index in [1.807, 2.05) is 30.3 Å². The molecule has 0 radical (unpaired) electrons. The maximum Gasteiger partial charge on any atom is 0.272 e. The Morgan fingerprint density at radius 2 is 1.65 bits per heavy atom. The average molecular weight is 422 g/mol. The summed E-state index contributed by atoms with van der Waals surface area (Å²) in [6, 6.07) is 9.52. The Morgan fingerprint density at radius 3 is 2.26 bits per heavy atom. The maximum absolute atomic E-state index is 13.1. The van der Waals surface area contributed by atoms with Crippen molar-refractivity contribution in [1.29, 1.82) is 0 Å². The Balaban J connectivity index is 2.31. The van der Waals surface area contributed by atoms with Crippen molar-refractivity contribution in [1.82, 2.24) is 21.3 Å². The first-order chi connectivity index (χ1) is 14.6. The lowest BCUT2D eigenvalue weighted by Gasteiger charge is -2.33. The zero-order valence-electron chi connectivity index (χ0n) is 18.4. The van der Waals surface area contributed by atoms with Crippen LogP contribution in [0.25, 0.3) is 11.1 Å². The summed E-state index contributed by atoms with van der Waals surface area (Å²) in [6.07, 6.45) is 1.31. The predicted octanol–water partition coefficient (Wildman–Crippen LogP) is 2.65. The number of amides is 3. The van der Waals surface area contributed by atoms with Crippen LogP contribution in [0.4, 0.5) is 0 Å². The van der Waals surface area contributed by atoms with Crippen molar-refractivity contribution in [3.63, 3.8) is 0 Å². The number of rotatable bonds is 3. The molecular formula is C23H27N5O3. The molecule has 2 aromatic rings.